The third-order valence-corrected chi connectivity index (χ3v) is 5.72. The Balaban J connectivity index is 1.58. The first-order valence-corrected chi connectivity index (χ1v) is 10.1. The van der Waals surface area contributed by atoms with Crippen LogP contribution in [0.15, 0.2) is 77.9 Å². The Morgan fingerprint density at radius 3 is 2.48 bits per heavy atom. The fraction of sp³-hybridized carbons (Fsp3) is 0.200. The van der Waals surface area contributed by atoms with E-state index < -0.39 is 6.23 Å². The highest BCUT2D eigenvalue weighted by Crippen LogP contribution is 2.50. The van der Waals surface area contributed by atoms with Crippen LogP contribution in [-0.4, -0.2) is 30.9 Å². The molecule has 0 aliphatic carbocycles. The molecule has 31 heavy (non-hydrogen) atoms. The standard InChI is InChI=1S/C25H22N2O4/c1-29-22-10-6-9-19-21-15-20(16-7-4-3-5-8-16)26-27(21)24(31-23(19)22)17-11-13-18(14-12-17)25(28)30-2/h3-14,21,24H,15H2,1-2H3/t21-,24-/m1/s1. The number of benzene rings is 3. The zero-order valence-electron chi connectivity index (χ0n) is 17.3. The number of methoxy groups -OCH3 is 2. The minimum Gasteiger partial charge on any atom is -0.493 e. The first-order chi connectivity index (χ1) is 15.2. The molecule has 0 fully saturated rings. The van der Waals surface area contributed by atoms with Crippen LogP contribution in [0.3, 0.4) is 0 Å². The van der Waals surface area contributed by atoms with E-state index in [-0.39, 0.29) is 12.0 Å². The summed E-state index contributed by atoms with van der Waals surface area (Å²) >= 11 is 0. The number of fused-ring (bicyclic) bond motifs is 3. The van der Waals surface area contributed by atoms with Crippen LogP contribution < -0.4 is 9.47 Å². The average Bonchev–Trinajstić information content (AvgIpc) is 3.29. The lowest BCUT2D eigenvalue weighted by Gasteiger charge is -2.38. The van der Waals surface area contributed by atoms with Gasteiger partial charge >= 0.3 is 5.97 Å². The summed E-state index contributed by atoms with van der Waals surface area (Å²) in [5, 5.41) is 6.97. The number of hydrogen-bond donors (Lipinski definition) is 0. The molecule has 0 unspecified atom stereocenters. The maximum absolute atomic E-state index is 11.8. The molecular formula is C25H22N2O4. The van der Waals surface area contributed by atoms with Crippen LogP contribution in [0.5, 0.6) is 11.5 Å². The summed E-state index contributed by atoms with van der Waals surface area (Å²) in [6, 6.07) is 23.4. The lowest BCUT2D eigenvalue weighted by molar-refractivity contribution is -0.0209. The van der Waals surface area contributed by atoms with E-state index in [1.807, 2.05) is 47.5 Å². The molecule has 2 atom stereocenters. The van der Waals surface area contributed by atoms with E-state index >= 15 is 0 Å². The van der Waals surface area contributed by atoms with Gasteiger partial charge in [0, 0.05) is 17.5 Å². The van der Waals surface area contributed by atoms with Crippen molar-refractivity contribution in [3.8, 4) is 11.5 Å². The molecule has 3 aromatic carbocycles. The van der Waals surface area contributed by atoms with Crippen LogP contribution in [0, 0.1) is 0 Å². The minimum absolute atomic E-state index is 0.0272. The largest absolute Gasteiger partial charge is 0.493 e. The summed E-state index contributed by atoms with van der Waals surface area (Å²) in [5.41, 5.74) is 4.55. The molecule has 2 aliphatic rings. The van der Waals surface area contributed by atoms with Crippen LogP contribution in [0.4, 0.5) is 0 Å². The van der Waals surface area contributed by atoms with E-state index in [2.05, 4.69) is 18.2 Å². The Hall–Kier alpha value is -3.80. The number of nitrogens with zero attached hydrogens (tertiary/aromatic N) is 2. The van der Waals surface area contributed by atoms with Gasteiger partial charge in [-0.2, -0.15) is 5.10 Å². The number of para-hydroxylation sites is 1. The molecule has 3 aromatic rings. The SMILES string of the molecule is COC(=O)c1ccc([C@H]2Oc3c(OC)cccc3[C@H]3CC(c4ccccc4)=NN32)cc1. The topological polar surface area (TPSA) is 60.4 Å². The van der Waals surface area contributed by atoms with Crippen molar-refractivity contribution >= 4 is 11.7 Å². The van der Waals surface area contributed by atoms with Crippen molar-refractivity contribution in [3.05, 3.63) is 95.1 Å². The molecule has 0 N–H and O–H groups in total. The van der Waals surface area contributed by atoms with Crippen molar-refractivity contribution in [3.63, 3.8) is 0 Å². The van der Waals surface area contributed by atoms with E-state index in [0.717, 1.165) is 34.6 Å². The summed E-state index contributed by atoms with van der Waals surface area (Å²) in [6.07, 6.45) is 0.325. The molecule has 156 valence electrons. The third kappa shape index (κ3) is 3.30. The number of carbonyl (C=O) groups is 1. The highest BCUT2D eigenvalue weighted by atomic mass is 16.5. The van der Waals surface area contributed by atoms with Crippen molar-refractivity contribution in [2.45, 2.75) is 18.7 Å². The summed E-state index contributed by atoms with van der Waals surface area (Å²) in [5.74, 6) is 1.06. The zero-order valence-corrected chi connectivity index (χ0v) is 17.3. The van der Waals surface area contributed by atoms with E-state index in [4.69, 9.17) is 19.3 Å². The van der Waals surface area contributed by atoms with Gasteiger partial charge in [0.15, 0.2) is 11.5 Å². The molecule has 0 saturated heterocycles. The highest BCUT2D eigenvalue weighted by Gasteiger charge is 2.42. The third-order valence-electron chi connectivity index (χ3n) is 5.72. The Labute approximate surface area is 180 Å². The second kappa shape index (κ2) is 7.80. The van der Waals surface area contributed by atoms with Gasteiger partial charge in [-0.3, -0.25) is 0 Å². The molecule has 2 aliphatic heterocycles. The Morgan fingerprint density at radius 2 is 1.77 bits per heavy atom. The molecule has 6 heteroatoms. The quantitative estimate of drug-likeness (QED) is 0.578. The van der Waals surface area contributed by atoms with Gasteiger partial charge in [-0.15, -0.1) is 0 Å². The molecule has 0 radical (unpaired) electrons. The van der Waals surface area contributed by atoms with Gasteiger partial charge in [-0.1, -0.05) is 54.6 Å². The molecule has 0 amide bonds. The van der Waals surface area contributed by atoms with Crippen LogP contribution in [0.2, 0.25) is 0 Å². The predicted octanol–water partition coefficient (Wildman–Crippen LogP) is 4.72. The number of esters is 1. The van der Waals surface area contributed by atoms with Gasteiger partial charge in [0.2, 0.25) is 6.23 Å². The van der Waals surface area contributed by atoms with Gasteiger partial charge in [-0.25, -0.2) is 9.80 Å². The van der Waals surface area contributed by atoms with Crippen molar-refractivity contribution in [2.75, 3.05) is 14.2 Å². The highest BCUT2D eigenvalue weighted by molar-refractivity contribution is 6.02. The van der Waals surface area contributed by atoms with Crippen molar-refractivity contribution in [2.24, 2.45) is 5.10 Å². The Morgan fingerprint density at radius 1 is 1.00 bits per heavy atom. The summed E-state index contributed by atoms with van der Waals surface area (Å²) in [4.78, 5) is 11.8. The number of carbonyl (C=O) groups excluding carboxylic acids is 1. The van der Waals surface area contributed by atoms with E-state index in [9.17, 15) is 4.79 Å². The average molecular weight is 414 g/mol. The van der Waals surface area contributed by atoms with Gasteiger partial charge in [-0.05, 0) is 23.8 Å². The van der Waals surface area contributed by atoms with Crippen molar-refractivity contribution in [1.82, 2.24) is 5.01 Å². The van der Waals surface area contributed by atoms with Gasteiger partial charge < -0.3 is 14.2 Å². The monoisotopic (exact) mass is 414 g/mol. The molecule has 0 spiro atoms. The smallest absolute Gasteiger partial charge is 0.337 e. The molecule has 5 rings (SSSR count). The summed E-state index contributed by atoms with van der Waals surface area (Å²) < 4.78 is 16.8. The second-order valence-electron chi connectivity index (χ2n) is 7.48. The number of hydrogen-bond acceptors (Lipinski definition) is 6. The maximum atomic E-state index is 11.8. The number of rotatable bonds is 4. The van der Waals surface area contributed by atoms with Crippen LogP contribution in [0.25, 0.3) is 0 Å². The van der Waals surface area contributed by atoms with Crippen LogP contribution in [-0.2, 0) is 4.74 Å². The lowest BCUT2D eigenvalue weighted by atomic mass is 9.95. The fourth-order valence-corrected chi connectivity index (χ4v) is 4.17. The number of ether oxygens (including phenoxy) is 3. The Bertz CT molecular complexity index is 1140. The first-order valence-electron chi connectivity index (χ1n) is 10.1. The normalized spacial score (nSPS) is 19.0. The summed E-state index contributed by atoms with van der Waals surface area (Å²) in [7, 11) is 3.02. The Kier molecular flexibility index (Phi) is 4.82. The molecule has 6 nitrogen and oxygen atoms in total. The molecular weight excluding hydrogens is 392 g/mol. The van der Waals surface area contributed by atoms with Crippen LogP contribution >= 0.6 is 0 Å². The van der Waals surface area contributed by atoms with E-state index in [0.29, 0.717) is 11.3 Å². The van der Waals surface area contributed by atoms with Gasteiger partial charge in [0.1, 0.15) is 0 Å². The van der Waals surface area contributed by atoms with Gasteiger partial charge in [0.25, 0.3) is 0 Å². The molecule has 0 saturated carbocycles. The minimum atomic E-state index is -0.443. The predicted molar refractivity (Wildman–Crippen MR) is 116 cm³/mol. The van der Waals surface area contributed by atoms with Crippen LogP contribution in [0.1, 0.15) is 45.7 Å². The number of hydrazone groups is 1. The van der Waals surface area contributed by atoms with Crippen molar-refractivity contribution < 1.29 is 19.0 Å². The molecule has 0 bridgehead atoms. The second-order valence-corrected chi connectivity index (χ2v) is 7.48. The molecule has 0 aromatic heterocycles. The van der Waals surface area contributed by atoms with E-state index in [1.165, 1.54) is 7.11 Å². The maximum Gasteiger partial charge on any atom is 0.337 e. The zero-order chi connectivity index (χ0) is 21.4. The van der Waals surface area contributed by atoms with Gasteiger partial charge in [0.05, 0.1) is 31.5 Å². The molecule has 2 heterocycles. The fourth-order valence-electron chi connectivity index (χ4n) is 4.17. The van der Waals surface area contributed by atoms with Crippen molar-refractivity contribution in [1.29, 1.82) is 0 Å². The lowest BCUT2D eigenvalue weighted by Crippen LogP contribution is -2.33. The van der Waals surface area contributed by atoms with E-state index in [1.54, 1.807) is 19.2 Å². The summed E-state index contributed by atoms with van der Waals surface area (Å²) in [6.45, 7) is 0. The first kappa shape index (κ1) is 19.2.